The summed E-state index contributed by atoms with van der Waals surface area (Å²) >= 11 is 0. The molecule has 0 unspecified atom stereocenters. The van der Waals surface area contributed by atoms with Crippen molar-refractivity contribution < 1.29 is 9.59 Å². The van der Waals surface area contributed by atoms with Gasteiger partial charge in [-0.05, 0) is 18.2 Å². The Morgan fingerprint density at radius 2 is 1.60 bits per heavy atom. The minimum atomic E-state index is -0.508. The van der Waals surface area contributed by atoms with Crippen molar-refractivity contribution in [3.63, 3.8) is 0 Å². The summed E-state index contributed by atoms with van der Waals surface area (Å²) in [6.07, 6.45) is 0. The Labute approximate surface area is 142 Å². The van der Waals surface area contributed by atoms with Gasteiger partial charge in [0.2, 0.25) is 0 Å². The number of pyridine rings is 1. The first-order valence-electron chi connectivity index (χ1n) is 7.62. The molecule has 0 saturated heterocycles. The fourth-order valence-electron chi connectivity index (χ4n) is 2.57. The van der Waals surface area contributed by atoms with Gasteiger partial charge in [0.15, 0.2) is 5.69 Å². The number of H-pyrrole nitrogens is 1. The predicted octanol–water partition coefficient (Wildman–Crippen LogP) is 2.19. The van der Waals surface area contributed by atoms with E-state index < -0.39 is 11.8 Å². The molecule has 2 aromatic carbocycles. The SMILES string of the molecule is O=C(NNC(=O)c1n[nH]c2ccccc12)c1ccc2ccccc2n1. The normalized spacial score (nSPS) is 10.7. The maximum Gasteiger partial charge on any atom is 0.290 e. The van der Waals surface area contributed by atoms with E-state index in [1.54, 1.807) is 18.2 Å². The lowest BCUT2D eigenvalue weighted by Gasteiger charge is -2.06. The minimum Gasteiger partial charge on any atom is -0.277 e. The molecule has 0 fully saturated rings. The quantitative estimate of drug-likeness (QED) is 0.490. The van der Waals surface area contributed by atoms with Crippen molar-refractivity contribution in [1.82, 2.24) is 26.0 Å². The molecule has 2 heterocycles. The van der Waals surface area contributed by atoms with Gasteiger partial charge >= 0.3 is 0 Å². The van der Waals surface area contributed by atoms with E-state index in [0.717, 1.165) is 10.9 Å². The number of nitrogens with zero attached hydrogens (tertiary/aromatic N) is 2. The fraction of sp³-hybridized carbons (Fsp3) is 0. The first kappa shape index (κ1) is 14.8. The van der Waals surface area contributed by atoms with Gasteiger partial charge in [0.1, 0.15) is 5.69 Å². The number of benzene rings is 2. The number of aromatic nitrogens is 3. The molecule has 2 aromatic heterocycles. The van der Waals surface area contributed by atoms with Crippen LogP contribution in [0.3, 0.4) is 0 Å². The number of amides is 2. The maximum absolute atomic E-state index is 12.2. The molecule has 122 valence electrons. The molecule has 7 nitrogen and oxygen atoms in total. The van der Waals surface area contributed by atoms with Crippen LogP contribution in [0.4, 0.5) is 0 Å². The predicted molar refractivity (Wildman–Crippen MR) is 92.8 cm³/mol. The zero-order chi connectivity index (χ0) is 17.2. The second kappa shape index (κ2) is 6.04. The lowest BCUT2D eigenvalue weighted by atomic mass is 10.2. The van der Waals surface area contributed by atoms with Crippen LogP contribution in [-0.4, -0.2) is 27.0 Å². The number of hydrazine groups is 1. The number of fused-ring (bicyclic) bond motifs is 2. The summed E-state index contributed by atoms with van der Waals surface area (Å²) in [7, 11) is 0. The highest BCUT2D eigenvalue weighted by molar-refractivity contribution is 6.05. The summed E-state index contributed by atoms with van der Waals surface area (Å²) < 4.78 is 0. The molecule has 0 radical (unpaired) electrons. The van der Waals surface area contributed by atoms with E-state index in [1.165, 1.54) is 0 Å². The molecule has 3 N–H and O–H groups in total. The number of hydrogen-bond acceptors (Lipinski definition) is 4. The van der Waals surface area contributed by atoms with Crippen molar-refractivity contribution >= 4 is 33.6 Å². The highest BCUT2D eigenvalue weighted by Crippen LogP contribution is 2.14. The Morgan fingerprint density at radius 1 is 0.840 bits per heavy atom. The lowest BCUT2D eigenvalue weighted by Crippen LogP contribution is -2.42. The summed E-state index contributed by atoms with van der Waals surface area (Å²) in [6, 6.07) is 18.1. The largest absolute Gasteiger partial charge is 0.290 e. The average molecular weight is 331 g/mol. The van der Waals surface area contributed by atoms with Crippen LogP contribution in [-0.2, 0) is 0 Å². The van der Waals surface area contributed by atoms with Gasteiger partial charge in [0.05, 0.1) is 11.0 Å². The molecule has 2 amide bonds. The van der Waals surface area contributed by atoms with Crippen molar-refractivity contribution in [3.05, 3.63) is 72.1 Å². The number of carbonyl (C=O) groups is 2. The van der Waals surface area contributed by atoms with Gasteiger partial charge in [-0.2, -0.15) is 5.10 Å². The number of carbonyl (C=O) groups excluding carboxylic acids is 2. The van der Waals surface area contributed by atoms with Gasteiger partial charge in [-0.3, -0.25) is 25.5 Å². The second-order valence-corrected chi connectivity index (χ2v) is 5.42. The van der Waals surface area contributed by atoms with E-state index in [1.807, 2.05) is 42.5 Å². The van der Waals surface area contributed by atoms with Crippen LogP contribution in [0.15, 0.2) is 60.7 Å². The molecule has 0 aliphatic carbocycles. The maximum atomic E-state index is 12.2. The Hall–Kier alpha value is -3.74. The molecular weight excluding hydrogens is 318 g/mol. The topological polar surface area (TPSA) is 99.8 Å². The summed E-state index contributed by atoms with van der Waals surface area (Å²) in [4.78, 5) is 28.7. The Balaban J connectivity index is 1.50. The van der Waals surface area contributed by atoms with E-state index in [2.05, 4.69) is 26.0 Å². The van der Waals surface area contributed by atoms with Crippen molar-refractivity contribution in [1.29, 1.82) is 0 Å². The number of nitrogens with one attached hydrogen (secondary N) is 3. The van der Waals surface area contributed by atoms with Crippen LogP contribution in [0.5, 0.6) is 0 Å². The van der Waals surface area contributed by atoms with E-state index >= 15 is 0 Å². The summed E-state index contributed by atoms with van der Waals surface area (Å²) in [5, 5.41) is 8.37. The van der Waals surface area contributed by atoms with E-state index in [0.29, 0.717) is 10.9 Å². The highest BCUT2D eigenvalue weighted by atomic mass is 16.2. The number of hydrogen-bond donors (Lipinski definition) is 3. The summed E-state index contributed by atoms with van der Waals surface area (Å²) in [5.74, 6) is -1.01. The summed E-state index contributed by atoms with van der Waals surface area (Å²) in [5.41, 5.74) is 6.60. The lowest BCUT2D eigenvalue weighted by molar-refractivity contribution is 0.0842. The third-order valence-electron chi connectivity index (χ3n) is 3.81. The molecule has 4 aromatic rings. The second-order valence-electron chi connectivity index (χ2n) is 5.42. The van der Waals surface area contributed by atoms with E-state index in [-0.39, 0.29) is 11.4 Å². The number of para-hydroxylation sites is 2. The standard InChI is InChI=1S/C18H13N5O2/c24-17(15-10-9-11-5-1-3-7-13(11)19-15)22-23-18(25)16-12-6-2-4-8-14(12)20-21-16/h1-10H,(H,20,21)(H,22,24)(H,23,25). The third kappa shape index (κ3) is 2.78. The van der Waals surface area contributed by atoms with Gasteiger partial charge in [-0.1, -0.05) is 42.5 Å². The van der Waals surface area contributed by atoms with Crippen LogP contribution in [0, 0.1) is 0 Å². The molecule has 0 aliphatic rings. The summed E-state index contributed by atoms with van der Waals surface area (Å²) in [6.45, 7) is 0. The molecule has 0 spiro atoms. The van der Waals surface area contributed by atoms with Crippen LogP contribution in [0.25, 0.3) is 21.8 Å². The highest BCUT2D eigenvalue weighted by Gasteiger charge is 2.15. The van der Waals surface area contributed by atoms with Gasteiger partial charge in [-0.15, -0.1) is 0 Å². The first-order chi connectivity index (χ1) is 12.2. The monoisotopic (exact) mass is 331 g/mol. The van der Waals surface area contributed by atoms with Crippen LogP contribution in [0.1, 0.15) is 21.0 Å². The Morgan fingerprint density at radius 3 is 2.52 bits per heavy atom. The van der Waals surface area contributed by atoms with E-state index in [9.17, 15) is 9.59 Å². The van der Waals surface area contributed by atoms with Crippen LogP contribution >= 0.6 is 0 Å². The molecule has 0 bridgehead atoms. The zero-order valence-corrected chi connectivity index (χ0v) is 13.0. The number of aromatic amines is 1. The minimum absolute atomic E-state index is 0.211. The number of rotatable bonds is 2. The Bertz CT molecular complexity index is 1100. The first-order valence-corrected chi connectivity index (χ1v) is 7.62. The van der Waals surface area contributed by atoms with Crippen molar-refractivity contribution in [2.45, 2.75) is 0 Å². The third-order valence-corrected chi connectivity index (χ3v) is 3.81. The van der Waals surface area contributed by atoms with Crippen LogP contribution in [0.2, 0.25) is 0 Å². The van der Waals surface area contributed by atoms with Gasteiger partial charge in [0, 0.05) is 10.8 Å². The van der Waals surface area contributed by atoms with Gasteiger partial charge in [-0.25, -0.2) is 4.98 Å². The van der Waals surface area contributed by atoms with Crippen molar-refractivity contribution in [2.75, 3.05) is 0 Å². The fourth-order valence-corrected chi connectivity index (χ4v) is 2.57. The molecular formula is C18H13N5O2. The molecule has 0 aliphatic heterocycles. The molecule has 25 heavy (non-hydrogen) atoms. The van der Waals surface area contributed by atoms with Crippen LogP contribution < -0.4 is 10.9 Å². The van der Waals surface area contributed by atoms with Crippen molar-refractivity contribution in [3.8, 4) is 0 Å². The van der Waals surface area contributed by atoms with Crippen molar-refractivity contribution in [2.24, 2.45) is 0 Å². The Kier molecular flexibility index (Phi) is 3.59. The zero-order valence-electron chi connectivity index (χ0n) is 13.0. The molecule has 0 atom stereocenters. The molecule has 0 saturated carbocycles. The molecule has 7 heteroatoms. The molecule has 4 rings (SSSR count). The van der Waals surface area contributed by atoms with E-state index in [4.69, 9.17) is 0 Å². The van der Waals surface area contributed by atoms with Gasteiger partial charge in [0.25, 0.3) is 11.8 Å². The van der Waals surface area contributed by atoms with Gasteiger partial charge < -0.3 is 0 Å². The smallest absolute Gasteiger partial charge is 0.277 e. The average Bonchev–Trinajstić information content (AvgIpc) is 3.09.